The van der Waals surface area contributed by atoms with Crippen LogP contribution >= 0.6 is 0 Å². The number of hydrogen-bond acceptors (Lipinski definition) is 8. The number of amides is 1. The summed E-state index contributed by atoms with van der Waals surface area (Å²) in [5.41, 5.74) is 1.06. The number of aromatic nitrogens is 1. The fourth-order valence-corrected chi connectivity index (χ4v) is 3.31. The maximum absolute atomic E-state index is 13.0. The van der Waals surface area contributed by atoms with Gasteiger partial charge in [0.25, 0.3) is 11.6 Å². The lowest BCUT2D eigenvalue weighted by Gasteiger charge is -2.16. The van der Waals surface area contributed by atoms with Crippen LogP contribution < -0.4 is 10.1 Å². The van der Waals surface area contributed by atoms with Crippen LogP contribution in [0.15, 0.2) is 71.3 Å². The Labute approximate surface area is 193 Å². The van der Waals surface area contributed by atoms with Crippen molar-refractivity contribution in [1.29, 1.82) is 0 Å². The zero-order chi connectivity index (χ0) is 24.2. The SMILES string of the molecule is COc1ccc([N+](=O)[O-])cc1NC(=O)C(C)OC(=O)c1cc(-c2ccco2)nc2ccccc12. The van der Waals surface area contributed by atoms with Gasteiger partial charge in [-0.3, -0.25) is 14.9 Å². The zero-order valence-electron chi connectivity index (χ0n) is 18.2. The van der Waals surface area contributed by atoms with Gasteiger partial charge >= 0.3 is 5.97 Å². The summed E-state index contributed by atoms with van der Waals surface area (Å²) in [6.45, 7) is 1.40. The Morgan fingerprint density at radius 3 is 2.62 bits per heavy atom. The summed E-state index contributed by atoms with van der Waals surface area (Å²) in [5.74, 6) is -0.721. The van der Waals surface area contributed by atoms with Crippen LogP contribution in [0, 0.1) is 10.1 Å². The van der Waals surface area contributed by atoms with Crippen molar-refractivity contribution in [1.82, 2.24) is 4.98 Å². The van der Waals surface area contributed by atoms with E-state index in [4.69, 9.17) is 13.9 Å². The number of nitrogens with zero attached hydrogens (tertiary/aromatic N) is 2. The van der Waals surface area contributed by atoms with Crippen LogP contribution in [0.25, 0.3) is 22.4 Å². The summed E-state index contributed by atoms with van der Waals surface area (Å²) < 4.78 is 16.0. The monoisotopic (exact) mass is 461 g/mol. The standard InChI is InChI=1S/C24H19N3O7/c1-14(23(28)26-19-12-15(27(30)31)9-10-21(19)32-2)34-24(29)17-13-20(22-8-5-11-33-22)25-18-7-4-3-6-16(17)18/h3-14H,1-2H3,(H,26,28). The van der Waals surface area contributed by atoms with Crippen LogP contribution in [0.5, 0.6) is 5.75 Å². The molecule has 2 aromatic heterocycles. The first-order chi connectivity index (χ1) is 16.4. The van der Waals surface area contributed by atoms with Crippen molar-refractivity contribution < 1.29 is 28.4 Å². The number of para-hydroxylation sites is 1. The normalized spacial score (nSPS) is 11.6. The first kappa shape index (κ1) is 22.5. The third kappa shape index (κ3) is 4.56. The Morgan fingerprint density at radius 1 is 1.12 bits per heavy atom. The van der Waals surface area contributed by atoms with Crippen LogP contribution in [0.4, 0.5) is 11.4 Å². The van der Waals surface area contributed by atoms with E-state index >= 15 is 0 Å². The van der Waals surface area contributed by atoms with Gasteiger partial charge in [0.2, 0.25) is 0 Å². The number of hydrogen-bond donors (Lipinski definition) is 1. The molecule has 0 aliphatic heterocycles. The van der Waals surface area contributed by atoms with E-state index in [0.29, 0.717) is 22.4 Å². The summed E-state index contributed by atoms with van der Waals surface area (Å²) in [4.78, 5) is 40.7. The number of benzene rings is 2. The van der Waals surface area contributed by atoms with Gasteiger partial charge in [0.1, 0.15) is 11.4 Å². The Kier molecular flexibility index (Phi) is 6.22. The van der Waals surface area contributed by atoms with E-state index < -0.39 is 22.9 Å². The summed E-state index contributed by atoms with van der Waals surface area (Å²) in [6.07, 6.45) is 0.286. The maximum atomic E-state index is 13.0. The van der Waals surface area contributed by atoms with Gasteiger partial charge in [0.15, 0.2) is 11.9 Å². The van der Waals surface area contributed by atoms with Crippen molar-refractivity contribution in [2.24, 2.45) is 0 Å². The molecule has 172 valence electrons. The molecule has 0 fully saturated rings. The molecule has 10 heteroatoms. The minimum absolute atomic E-state index is 0.0825. The molecule has 2 heterocycles. The second kappa shape index (κ2) is 9.41. The second-order valence-corrected chi connectivity index (χ2v) is 7.23. The van der Waals surface area contributed by atoms with E-state index in [1.165, 1.54) is 38.5 Å². The molecular formula is C24H19N3O7. The Hall–Kier alpha value is -4.73. The summed E-state index contributed by atoms with van der Waals surface area (Å²) in [7, 11) is 1.37. The topological polar surface area (TPSA) is 134 Å². The molecule has 0 spiro atoms. The molecule has 4 aromatic rings. The van der Waals surface area contributed by atoms with Gasteiger partial charge < -0.3 is 19.2 Å². The number of carbonyl (C=O) groups is 2. The van der Waals surface area contributed by atoms with Crippen LogP contribution in [0.1, 0.15) is 17.3 Å². The second-order valence-electron chi connectivity index (χ2n) is 7.23. The molecule has 1 atom stereocenters. The van der Waals surface area contributed by atoms with E-state index in [0.717, 1.165) is 6.07 Å². The number of ether oxygens (including phenoxy) is 2. The number of nitro benzene ring substituents is 1. The molecule has 0 aliphatic carbocycles. The molecule has 1 unspecified atom stereocenters. The van der Waals surface area contributed by atoms with Gasteiger partial charge in [0.05, 0.1) is 35.1 Å². The molecule has 0 bridgehead atoms. The average Bonchev–Trinajstić information content (AvgIpc) is 3.38. The number of carbonyl (C=O) groups excluding carboxylic acids is 2. The van der Waals surface area contributed by atoms with Crippen molar-refractivity contribution in [3.8, 4) is 17.2 Å². The van der Waals surface area contributed by atoms with Gasteiger partial charge in [-0.25, -0.2) is 9.78 Å². The van der Waals surface area contributed by atoms with E-state index in [1.54, 1.807) is 36.4 Å². The predicted molar refractivity (Wildman–Crippen MR) is 123 cm³/mol. The molecule has 10 nitrogen and oxygen atoms in total. The van der Waals surface area contributed by atoms with Crippen LogP contribution in [0.2, 0.25) is 0 Å². The Bertz CT molecular complexity index is 1380. The molecule has 34 heavy (non-hydrogen) atoms. The van der Waals surface area contributed by atoms with Crippen LogP contribution in [0.3, 0.4) is 0 Å². The quantitative estimate of drug-likeness (QED) is 0.240. The fourth-order valence-electron chi connectivity index (χ4n) is 3.31. The molecule has 0 saturated carbocycles. The smallest absolute Gasteiger partial charge is 0.339 e. The summed E-state index contributed by atoms with van der Waals surface area (Å²) in [6, 6.07) is 15.8. The largest absolute Gasteiger partial charge is 0.495 e. The average molecular weight is 461 g/mol. The summed E-state index contributed by atoms with van der Waals surface area (Å²) in [5, 5.41) is 14.1. The minimum atomic E-state index is -1.21. The number of esters is 1. The molecular weight excluding hydrogens is 442 g/mol. The number of fused-ring (bicyclic) bond motifs is 1. The van der Waals surface area contributed by atoms with E-state index in [-0.39, 0.29) is 22.7 Å². The van der Waals surface area contributed by atoms with Crippen molar-refractivity contribution in [3.05, 3.63) is 82.6 Å². The van der Waals surface area contributed by atoms with Gasteiger partial charge in [0, 0.05) is 17.5 Å². The first-order valence-corrected chi connectivity index (χ1v) is 10.2. The molecule has 2 aromatic carbocycles. The van der Waals surface area contributed by atoms with Gasteiger partial charge in [-0.15, -0.1) is 0 Å². The summed E-state index contributed by atoms with van der Waals surface area (Å²) >= 11 is 0. The lowest BCUT2D eigenvalue weighted by Crippen LogP contribution is -2.30. The number of non-ortho nitro benzene ring substituents is 1. The first-order valence-electron chi connectivity index (χ1n) is 10.2. The lowest BCUT2D eigenvalue weighted by molar-refractivity contribution is -0.384. The van der Waals surface area contributed by atoms with E-state index in [9.17, 15) is 19.7 Å². The number of nitrogens with one attached hydrogen (secondary N) is 1. The Morgan fingerprint density at radius 2 is 1.91 bits per heavy atom. The zero-order valence-corrected chi connectivity index (χ0v) is 18.2. The van der Waals surface area contributed by atoms with Crippen molar-refractivity contribution in [2.45, 2.75) is 13.0 Å². The van der Waals surface area contributed by atoms with Crippen LogP contribution in [-0.4, -0.2) is 35.0 Å². The molecule has 1 amide bonds. The van der Waals surface area contributed by atoms with E-state index in [2.05, 4.69) is 10.3 Å². The van der Waals surface area contributed by atoms with Crippen LogP contribution in [-0.2, 0) is 9.53 Å². The molecule has 1 N–H and O–H groups in total. The fraction of sp³-hybridized carbons (Fsp3) is 0.125. The predicted octanol–water partition coefficient (Wildman–Crippen LogP) is 4.60. The maximum Gasteiger partial charge on any atom is 0.339 e. The highest BCUT2D eigenvalue weighted by atomic mass is 16.6. The van der Waals surface area contributed by atoms with Crippen molar-refractivity contribution in [2.75, 3.05) is 12.4 Å². The molecule has 0 radical (unpaired) electrons. The van der Waals surface area contributed by atoms with Crippen molar-refractivity contribution >= 4 is 34.2 Å². The number of anilines is 1. The van der Waals surface area contributed by atoms with E-state index in [1.807, 2.05) is 0 Å². The molecule has 0 saturated heterocycles. The number of rotatable bonds is 7. The molecule has 0 aliphatic rings. The minimum Gasteiger partial charge on any atom is -0.495 e. The van der Waals surface area contributed by atoms with Gasteiger partial charge in [-0.05, 0) is 37.3 Å². The Balaban J connectivity index is 1.58. The highest BCUT2D eigenvalue weighted by Gasteiger charge is 2.23. The highest BCUT2D eigenvalue weighted by Crippen LogP contribution is 2.29. The third-order valence-electron chi connectivity index (χ3n) is 5.01. The van der Waals surface area contributed by atoms with Gasteiger partial charge in [-0.2, -0.15) is 0 Å². The highest BCUT2D eigenvalue weighted by molar-refractivity contribution is 6.06. The number of pyridine rings is 1. The van der Waals surface area contributed by atoms with Gasteiger partial charge in [-0.1, -0.05) is 18.2 Å². The van der Waals surface area contributed by atoms with Crippen molar-refractivity contribution in [3.63, 3.8) is 0 Å². The molecule has 4 rings (SSSR count). The number of nitro groups is 1. The third-order valence-corrected chi connectivity index (χ3v) is 5.01. The number of furan rings is 1. The number of methoxy groups -OCH3 is 1. The lowest BCUT2D eigenvalue weighted by atomic mass is 10.1.